The van der Waals surface area contributed by atoms with Crippen molar-refractivity contribution in [2.75, 3.05) is 6.54 Å². The molecule has 0 aliphatic heterocycles. The largest absolute Gasteiger partial charge is 0.478 e. The Balaban J connectivity index is 1.67. The number of hydrogen-bond donors (Lipinski definition) is 2. The van der Waals surface area contributed by atoms with Crippen molar-refractivity contribution in [3.8, 4) is 0 Å². The first-order valence-electron chi connectivity index (χ1n) is 8.11. The van der Waals surface area contributed by atoms with E-state index in [1.54, 1.807) is 12.1 Å². The second kappa shape index (κ2) is 6.72. The Labute approximate surface area is 147 Å². The first-order valence-corrected chi connectivity index (χ1v) is 8.11. The highest BCUT2D eigenvalue weighted by Gasteiger charge is 2.45. The van der Waals surface area contributed by atoms with Gasteiger partial charge in [-0.2, -0.15) is 13.2 Å². The molecule has 1 aliphatic carbocycles. The second-order valence-electron chi connectivity index (χ2n) is 6.61. The smallest absolute Gasteiger partial charge is 0.416 e. The summed E-state index contributed by atoms with van der Waals surface area (Å²) in [5.74, 6) is -1.89. The zero-order chi connectivity index (χ0) is 18.9. The van der Waals surface area contributed by atoms with Crippen LogP contribution in [0.15, 0.2) is 42.5 Å². The second-order valence-corrected chi connectivity index (χ2v) is 6.61. The molecule has 0 radical (unpaired) electrons. The summed E-state index contributed by atoms with van der Waals surface area (Å²) in [4.78, 5) is 10.8. The van der Waals surface area contributed by atoms with Gasteiger partial charge in [0.15, 0.2) is 0 Å². The maximum Gasteiger partial charge on any atom is 0.416 e. The zero-order valence-corrected chi connectivity index (χ0v) is 13.7. The lowest BCUT2D eigenvalue weighted by molar-refractivity contribution is -0.137. The number of carboxylic acids is 1. The molecule has 2 aromatic carbocycles. The average molecular weight is 367 g/mol. The third-order valence-corrected chi connectivity index (χ3v) is 4.68. The third kappa shape index (κ3) is 4.04. The van der Waals surface area contributed by atoms with Gasteiger partial charge >= 0.3 is 12.1 Å². The van der Waals surface area contributed by atoms with E-state index in [0.29, 0.717) is 37.6 Å². The highest BCUT2D eigenvalue weighted by Crippen LogP contribution is 2.49. The maximum atomic E-state index is 13.6. The van der Waals surface area contributed by atoms with Crippen molar-refractivity contribution in [2.45, 2.75) is 31.0 Å². The quantitative estimate of drug-likeness (QED) is 0.746. The lowest BCUT2D eigenvalue weighted by Crippen LogP contribution is -2.27. The van der Waals surface area contributed by atoms with Crippen molar-refractivity contribution in [3.05, 3.63) is 70.5 Å². The molecule has 1 saturated carbocycles. The van der Waals surface area contributed by atoms with Crippen molar-refractivity contribution in [1.82, 2.24) is 5.32 Å². The number of carboxylic acid groups (broad SMARTS) is 1. The molecule has 0 heterocycles. The summed E-state index contributed by atoms with van der Waals surface area (Å²) in [6.07, 6.45) is -3.19. The molecule has 0 spiro atoms. The van der Waals surface area contributed by atoms with Crippen LogP contribution in [0.5, 0.6) is 0 Å². The standard InChI is InChI=1S/C19H17F4NO2/c20-16-8-14(7-15(9-16)19(21,22)23)18(5-6-18)11-24-10-12-1-3-13(4-2-12)17(25)26/h1-4,7-9,24H,5-6,10-11H2,(H,25,26). The van der Waals surface area contributed by atoms with Crippen molar-refractivity contribution in [3.63, 3.8) is 0 Å². The fourth-order valence-corrected chi connectivity index (χ4v) is 2.99. The van der Waals surface area contributed by atoms with E-state index < -0.39 is 28.9 Å². The van der Waals surface area contributed by atoms with Crippen LogP contribution < -0.4 is 5.32 Å². The number of carbonyl (C=O) groups is 1. The molecule has 0 aromatic heterocycles. The molecule has 3 nitrogen and oxygen atoms in total. The van der Waals surface area contributed by atoms with E-state index in [0.717, 1.165) is 11.6 Å². The molecule has 1 aliphatic rings. The molecule has 0 saturated heterocycles. The minimum absolute atomic E-state index is 0.187. The van der Waals surface area contributed by atoms with E-state index in [-0.39, 0.29) is 5.56 Å². The Morgan fingerprint density at radius 3 is 2.31 bits per heavy atom. The van der Waals surface area contributed by atoms with Crippen LogP contribution in [0, 0.1) is 5.82 Å². The number of nitrogens with one attached hydrogen (secondary N) is 1. The number of benzene rings is 2. The highest BCUT2D eigenvalue weighted by atomic mass is 19.4. The molecule has 26 heavy (non-hydrogen) atoms. The van der Waals surface area contributed by atoms with Gasteiger partial charge in [0, 0.05) is 18.5 Å². The molecule has 1 fully saturated rings. The zero-order valence-electron chi connectivity index (χ0n) is 13.7. The number of halogens is 4. The summed E-state index contributed by atoms with van der Waals surface area (Å²) in [5.41, 5.74) is -0.0437. The van der Waals surface area contributed by atoms with Gasteiger partial charge in [-0.25, -0.2) is 9.18 Å². The van der Waals surface area contributed by atoms with Crippen molar-refractivity contribution >= 4 is 5.97 Å². The molecule has 3 rings (SSSR count). The van der Waals surface area contributed by atoms with Crippen molar-refractivity contribution in [2.24, 2.45) is 0 Å². The van der Waals surface area contributed by atoms with Crippen LogP contribution in [0.1, 0.15) is 39.9 Å². The van der Waals surface area contributed by atoms with Crippen LogP contribution in [0.3, 0.4) is 0 Å². The number of rotatable bonds is 6. The topological polar surface area (TPSA) is 49.3 Å². The SMILES string of the molecule is O=C(O)c1ccc(CNCC2(c3cc(F)cc(C(F)(F)F)c3)CC2)cc1. The van der Waals surface area contributed by atoms with E-state index in [9.17, 15) is 22.4 Å². The van der Waals surface area contributed by atoms with Gasteiger partial charge in [0.1, 0.15) is 5.82 Å². The number of hydrogen-bond acceptors (Lipinski definition) is 2. The predicted molar refractivity (Wildman–Crippen MR) is 87.4 cm³/mol. The van der Waals surface area contributed by atoms with E-state index in [1.807, 2.05) is 0 Å². The minimum atomic E-state index is -4.58. The van der Waals surface area contributed by atoms with Crippen LogP contribution in [0.25, 0.3) is 0 Å². The van der Waals surface area contributed by atoms with Crippen LogP contribution in [-0.2, 0) is 18.1 Å². The van der Waals surface area contributed by atoms with Gasteiger partial charge < -0.3 is 10.4 Å². The summed E-state index contributed by atoms with van der Waals surface area (Å²) in [5, 5.41) is 12.0. The Morgan fingerprint density at radius 1 is 1.12 bits per heavy atom. The number of alkyl halides is 3. The highest BCUT2D eigenvalue weighted by molar-refractivity contribution is 5.87. The Kier molecular flexibility index (Phi) is 4.75. The molecule has 2 aromatic rings. The minimum Gasteiger partial charge on any atom is -0.478 e. The summed E-state index contributed by atoms with van der Waals surface area (Å²) >= 11 is 0. The van der Waals surface area contributed by atoms with Gasteiger partial charge in [-0.1, -0.05) is 12.1 Å². The molecular formula is C19H17F4NO2. The maximum absolute atomic E-state index is 13.6. The first kappa shape index (κ1) is 18.4. The molecule has 2 N–H and O–H groups in total. The molecule has 138 valence electrons. The van der Waals surface area contributed by atoms with Gasteiger partial charge in [-0.05, 0) is 54.3 Å². The van der Waals surface area contributed by atoms with Crippen LogP contribution in [0.4, 0.5) is 17.6 Å². The summed E-state index contributed by atoms with van der Waals surface area (Å²) in [7, 11) is 0. The summed E-state index contributed by atoms with van der Waals surface area (Å²) in [6, 6.07) is 9.06. The normalized spacial score (nSPS) is 15.7. The molecule has 0 amide bonds. The fourth-order valence-electron chi connectivity index (χ4n) is 2.99. The van der Waals surface area contributed by atoms with Gasteiger partial charge in [0.2, 0.25) is 0 Å². The molecule has 0 bridgehead atoms. The molecule has 7 heteroatoms. The van der Waals surface area contributed by atoms with Gasteiger partial charge in [-0.15, -0.1) is 0 Å². The monoisotopic (exact) mass is 367 g/mol. The fraction of sp³-hybridized carbons (Fsp3) is 0.316. The van der Waals surface area contributed by atoms with Crippen LogP contribution in [0.2, 0.25) is 0 Å². The average Bonchev–Trinajstić information content (AvgIpc) is 3.35. The Morgan fingerprint density at radius 2 is 1.77 bits per heavy atom. The molecule has 0 atom stereocenters. The number of aromatic carboxylic acids is 1. The molecular weight excluding hydrogens is 350 g/mol. The Bertz CT molecular complexity index is 811. The first-order chi connectivity index (χ1) is 12.2. The summed E-state index contributed by atoms with van der Waals surface area (Å²) in [6.45, 7) is 0.873. The van der Waals surface area contributed by atoms with Crippen molar-refractivity contribution < 1.29 is 27.5 Å². The van der Waals surface area contributed by atoms with E-state index in [4.69, 9.17) is 5.11 Å². The Hall–Kier alpha value is -2.41. The van der Waals surface area contributed by atoms with E-state index in [1.165, 1.54) is 18.2 Å². The van der Waals surface area contributed by atoms with Crippen LogP contribution >= 0.6 is 0 Å². The van der Waals surface area contributed by atoms with Crippen LogP contribution in [-0.4, -0.2) is 17.6 Å². The molecule has 0 unspecified atom stereocenters. The van der Waals surface area contributed by atoms with E-state index in [2.05, 4.69) is 5.32 Å². The van der Waals surface area contributed by atoms with Gasteiger partial charge in [0.05, 0.1) is 11.1 Å². The van der Waals surface area contributed by atoms with Gasteiger partial charge in [-0.3, -0.25) is 0 Å². The predicted octanol–water partition coefficient (Wildman–Crippen LogP) is 4.36. The third-order valence-electron chi connectivity index (χ3n) is 4.68. The lowest BCUT2D eigenvalue weighted by atomic mass is 9.93. The van der Waals surface area contributed by atoms with E-state index >= 15 is 0 Å². The van der Waals surface area contributed by atoms with Crippen molar-refractivity contribution in [1.29, 1.82) is 0 Å². The lowest BCUT2D eigenvalue weighted by Gasteiger charge is -2.19. The van der Waals surface area contributed by atoms with Gasteiger partial charge in [0.25, 0.3) is 0 Å². The summed E-state index contributed by atoms with van der Waals surface area (Å²) < 4.78 is 52.3.